The lowest BCUT2D eigenvalue weighted by molar-refractivity contribution is 0.124. The van der Waals surface area contributed by atoms with Crippen molar-refractivity contribution < 1.29 is 5.11 Å². The Hall–Kier alpha value is -0.830. The van der Waals surface area contributed by atoms with Gasteiger partial charge in [0.05, 0.1) is 12.3 Å². The van der Waals surface area contributed by atoms with E-state index in [2.05, 4.69) is 25.1 Å². The molecular weight excluding hydrogens is 188 g/mol. The van der Waals surface area contributed by atoms with E-state index in [1.165, 1.54) is 5.56 Å². The van der Waals surface area contributed by atoms with Crippen molar-refractivity contribution in [2.24, 2.45) is 12.5 Å². The third-order valence-electron chi connectivity index (χ3n) is 2.70. The predicted octanol–water partition coefficient (Wildman–Crippen LogP) is 2.15. The largest absolute Gasteiger partial charge is 0.393 e. The molecule has 0 radical (unpaired) electrons. The SMILES string of the molecule is CC(O)CC(C)(C)CCc1cnn(C)c1. The first-order valence-electron chi connectivity index (χ1n) is 5.55. The van der Waals surface area contributed by atoms with Crippen molar-refractivity contribution >= 4 is 0 Å². The summed E-state index contributed by atoms with van der Waals surface area (Å²) in [6.45, 7) is 6.26. The number of aliphatic hydroxyl groups is 1. The molecule has 0 saturated heterocycles. The van der Waals surface area contributed by atoms with Crippen LogP contribution in [0, 0.1) is 5.41 Å². The molecule has 0 spiro atoms. The van der Waals surface area contributed by atoms with Crippen molar-refractivity contribution in [1.82, 2.24) is 9.78 Å². The van der Waals surface area contributed by atoms with Crippen molar-refractivity contribution in [2.75, 3.05) is 0 Å². The van der Waals surface area contributed by atoms with Gasteiger partial charge in [-0.25, -0.2) is 0 Å². The average molecular weight is 210 g/mol. The molecule has 1 aromatic heterocycles. The summed E-state index contributed by atoms with van der Waals surface area (Å²) in [6, 6.07) is 0. The minimum Gasteiger partial charge on any atom is -0.393 e. The highest BCUT2D eigenvalue weighted by Gasteiger charge is 2.20. The Morgan fingerprint density at radius 1 is 1.53 bits per heavy atom. The summed E-state index contributed by atoms with van der Waals surface area (Å²) in [4.78, 5) is 0. The van der Waals surface area contributed by atoms with Crippen LogP contribution in [0.15, 0.2) is 12.4 Å². The molecule has 1 N–H and O–H groups in total. The van der Waals surface area contributed by atoms with E-state index in [0.717, 1.165) is 19.3 Å². The number of aromatic nitrogens is 2. The molecule has 1 atom stereocenters. The van der Waals surface area contributed by atoms with Crippen LogP contribution in [0.5, 0.6) is 0 Å². The highest BCUT2D eigenvalue weighted by atomic mass is 16.3. The number of aryl methyl sites for hydroxylation is 2. The number of rotatable bonds is 5. The van der Waals surface area contributed by atoms with Gasteiger partial charge >= 0.3 is 0 Å². The minimum atomic E-state index is -0.214. The van der Waals surface area contributed by atoms with Crippen molar-refractivity contribution in [1.29, 1.82) is 0 Å². The normalized spacial score (nSPS) is 14.2. The van der Waals surface area contributed by atoms with Gasteiger partial charge in [0.15, 0.2) is 0 Å². The lowest BCUT2D eigenvalue weighted by Crippen LogP contribution is -2.19. The fourth-order valence-corrected chi connectivity index (χ4v) is 1.99. The molecule has 0 aromatic carbocycles. The number of nitrogens with zero attached hydrogens (tertiary/aromatic N) is 2. The van der Waals surface area contributed by atoms with Crippen LogP contribution in [-0.2, 0) is 13.5 Å². The van der Waals surface area contributed by atoms with E-state index in [4.69, 9.17) is 0 Å². The van der Waals surface area contributed by atoms with Gasteiger partial charge in [0.2, 0.25) is 0 Å². The zero-order valence-electron chi connectivity index (χ0n) is 10.2. The minimum absolute atomic E-state index is 0.198. The molecular formula is C12H22N2O. The lowest BCUT2D eigenvalue weighted by atomic mass is 9.82. The summed E-state index contributed by atoms with van der Waals surface area (Å²) in [6.07, 6.45) is 6.73. The Bertz CT molecular complexity index is 302. The van der Waals surface area contributed by atoms with Gasteiger partial charge in [-0.1, -0.05) is 13.8 Å². The molecule has 0 bridgehead atoms. The third-order valence-corrected chi connectivity index (χ3v) is 2.70. The summed E-state index contributed by atoms with van der Waals surface area (Å²) in [5, 5.41) is 13.5. The molecule has 1 heterocycles. The Balaban J connectivity index is 2.42. The van der Waals surface area contributed by atoms with Crippen LogP contribution in [0.2, 0.25) is 0 Å². The third kappa shape index (κ3) is 4.47. The Morgan fingerprint density at radius 3 is 2.67 bits per heavy atom. The zero-order valence-corrected chi connectivity index (χ0v) is 10.2. The van der Waals surface area contributed by atoms with Gasteiger partial charge in [0.1, 0.15) is 0 Å². The second-order valence-corrected chi connectivity index (χ2v) is 5.24. The van der Waals surface area contributed by atoms with E-state index in [1.807, 2.05) is 24.9 Å². The molecule has 1 unspecified atom stereocenters. The zero-order chi connectivity index (χ0) is 11.5. The van der Waals surface area contributed by atoms with E-state index in [-0.39, 0.29) is 11.5 Å². The highest BCUT2D eigenvalue weighted by Crippen LogP contribution is 2.28. The quantitative estimate of drug-likeness (QED) is 0.808. The van der Waals surface area contributed by atoms with E-state index >= 15 is 0 Å². The smallest absolute Gasteiger partial charge is 0.0521 e. The van der Waals surface area contributed by atoms with Gasteiger partial charge in [0, 0.05) is 13.2 Å². The summed E-state index contributed by atoms with van der Waals surface area (Å²) < 4.78 is 1.83. The average Bonchev–Trinajstić information content (AvgIpc) is 2.46. The molecule has 15 heavy (non-hydrogen) atoms. The van der Waals surface area contributed by atoms with Gasteiger partial charge in [-0.15, -0.1) is 0 Å². The van der Waals surface area contributed by atoms with Gasteiger partial charge in [-0.2, -0.15) is 5.10 Å². The van der Waals surface area contributed by atoms with E-state index in [9.17, 15) is 5.11 Å². The van der Waals surface area contributed by atoms with Crippen molar-refractivity contribution in [2.45, 2.75) is 46.1 Å². The monoisotopic (exact) mass is 210 g/mol. The fourth-order valence-electron chi connectivity index (χ4n) is 1.99. The first kappa shape index (κ1) is 12.2. The predicted molar refractivity (Wildman–Crippen MR) is 61.6 cm³/mol. The molecule has 0 aliphatic carbocycles. The van der Waals surface area contributed by atoms with E-state index in [1.54, 1.807) is 0 Å². The molecule has 0 aliphatic rings. The summed E-state index contributed by atoms with van der Waals surface area (Å²) in [5.41, 5.74) is 1.47. The van der Waals surface area contributed by atoms with E-state index in [0.29, 0.717) is 0 Å². The van der Waals surface area contributed by atoms with Gasteiger partial charge in [-0.05, 0) is 37.2 Å². The Labute approximate surface area is 92.1 Å². The van der Waals surface area contributed by atoms with E-state index < -0.39 is 0 Å². The second-order valence-electron chi connectivity index (χ2n) is 5.24. The van der Waals surface area contributed by atoms with Crippen molar-refractivity contribution in [3.8, 4) is 0 Å². The maximum atomic E-state index is 9.37. The van der Waals surface area contributed by atoms with Crippen LogP contribution in [0.4, 0.5) is 0 Å². The highest BCUT2D eigenvalue weighted by molar-refractivity contribution is 5.04. The Kier molecular flexibility index (Phi) is 3.91. The van der Waals surface area contributed by atoms with Gasteiger partial charge in [-0.3, -0.25) is 4.68 Å². The molecule has 3 heteroatoms. The summed E-state index contributed by atoms with van der Waals surface area (Å²) in [7, 11) is 1.93. The maximum absolute atomic E-state index is 9.37. The van der Waals surface area contributed by atoms with Crippen molar-refractivity contribution in [3.63, 3.8) is 0 Å². The molecule has 0 fully saturated rings. The van der Waals surface area contributed by atoms with Gasteiger partial charge < -0.3 is 5.11 Å². The standard InChI is InChI=1S/C12H22N2O/c1-10(15)7-12(2,3)6-5-11-8-13-14(4)9-11/h8-10,15H,5-7H2,1-4H3. The van der Waals surface area contributed by atoms with Crippen LogP contribution in [0.25, 0.3) is 0 Å². The topological polar surface area (TPSA) is 38.1 Å². The lowest BCUT2D eigenvalue weighted by Gasteiger charge is -2.25. The van der Waals surface area contributed by atoms with Crippen LogP contribution in [0.1, 0.15) is 39.2 Å². The molecule has 86 valence electrons. The molecule has 3 nitrogen and oxygen atoms in total. The number of hydrogen-bond donors (Lipinski definition) is 1. The summed E-state index contributed by atoms with van der Waals surface area (Å²) >= 11 is 0. The molecule has 0 aliphatic heterocycles. The molecule has 1 rings (SSSR count). The summed E-state index contributed by atoms with van der Waals surface area (Å²) in [5.74, 6) is 0. The number of aliphatic hydroxyl groups excluding tert-OH is 1. The first-order chi connectivity index (χ1) is 6.89. The van der Waals surface area contributed by atoms with Crippen LogP contribution in [-0.4, -0.2) is 21.0 Å². The number of hydrogen-bond acceptors (Lipinski definition) is 2. The van der Waals surface area contributed by atoms with Crippen LogP contribution < -0.4 is 0 Å². The fraction of sp³-hybridized carbons (Fsp3) is 0.750. The molecule has 0 saturated carbocycles. The second kappa shape index (κ2) is 4.79. The maximum Gasteiger partial charge on any atom is 0.0521 e. The molecule has 0 amide bonds. The Morgan fingerprint density at radius 2 is 2.20 bits per heavy atom. The first-order valence-corrected chi connectivity index (χ1v) is 5.55. The molecule has 1 aromatic rings. The van der Waals surface area contributed by atoms with Crippen LogP contribution >= 0.6 is 0 Å². The van der Waals surface area contributed by atoms with Crippen molar-refractivity contribution in [3.05, 3.63) is 18.0 Å². The van der Waals surface area contributed by atoms with Gasteiger partial charge in [0.25, 0.3) is 0 Å². The van der Waals surface area contributed by atoms with Crippen LogP contribution in [0.3, 0.4) is 0 Å².